The molecule has 0 radical (unpaired) electrons. The molecule has 0 spiro atoms. The molecule has 1 fully saturated rings. The number of nitrogens with zero attached hydrogens (tertiary/aromatic N) is 2. The molecule has 34 nitrogen and oxygen atoms in total. The highest BCUT2D eigenvalue weighted by Gasteiger charge is 2.43. The Morgan fingerprint density at radius 1 is 0.615 bits per heavy atom. The topological polar surface area (TPSA) is 575 Å². The second kappa shape index (κ2) is 41.2. The molecular weight excluding hydrogens is 1290 g/mol. The van der Waals surface area contributed by atoms with Gasteiger partial charge in [-0.2, -0.15) is 23.5 Å². The van der Waals surface area contributed by atoms with E-state index in [0.29, 0.717) is 40.8 Å². The quantitative estimate of drug-likeness (QED) is 0.0168. The lowest BCUT2D eigenvalue weighted by Crippen LogP contribution is -2.62. The van der Waals surface area contributed by atoms with Gasteiger partial charge in [-0.05, 0) is 92.4 Å². The normalized spacial score (nSPS) is 16.5. The van der Waals surface area contributed by atoms with Crippen molar-refractivity contribution < 1.29 is 77.3 Å². The van der Waals surface area contributed by atoms with Crippen molar-refractivity contribution in [1.29, 1.82) is 0 Å². The molecule has 0 bridgehead atoms. The number of thioether (sulfide) groups is 2. The Labute approximate surface area is 564 Å². The molecule has 1 aliphatic rings. The maximum atomic E-state index is 14.9. The van der Waals surface area contributed by atoms with Gasteiger partial charge in [0.05, 0.1) is 25.5 Å². The van der Waals surface area contributed by atoms with E-state index in [-0.39, 0.29) is 64.0 Å². The highest BCUT2D eigenvalue weighted by atomic mass is 32.2. The highest BCUT2D eigenvalue weighted by molar-refractivity contribution is 7.98. The Kier molecular flexibility index (Phi) is 35.0. The first kappa shape index (κ1) is 81.5. The van der Waals surface area contributed by atoms with Gasteiger partial charge in [0.2, 0.25) is 76.8 Å². The first-order valence-electron chi connectivity index (χ1n) is 31.5. The molecule has 534 valence electrons. The number of guanidine groups is 1. The number of carboxylic acids is 1. The van der Waals surface area contributed by atoms with E-state index in [1.807, 2.05) is 0 Å². The zero-order valence-electron chi connectivity index (χ0n) is 54.9. The Bertz CT molecular complexity index is 3080. The number of aliphatic carboxylic acids is 1. The van der Waals surface area contributed by atoms with Crippen molar-refractivity contribution in [3.63, 3.8) is 0 Å². The Morgan fingerprint density at radius 3 is 1.66 bits per heavy atom. The number of nitrogens with two attached hydrogens (primary N) is 6. The van der Waals surface area contributed by atoms with Crippen molar-refractivity contribution in [3.8, 4) is 0 Å². The summed E-state index contributed by atoms with van der Waals surface area (Å²) >= 11 is 2.74. The molecule has 3 rings (SSSR count). The number of carbonyl (C=O) groups is 14. The van der Waals surface area contributed by atoms with Crippen molar-refractivity contribution in [3.05, 3.63) is 36.0 Å². The number of primary amides is 3. The molecule has 36 heteroatoms. The van der Waals surface area contributed by atoms with Crippen LogP contribution in [0.2, 0.25) is 0 Å². The largest absolute Gasteiger partial charge is 0.481 e. The molecule has 1 aromatic carbocycles. The van der Waals surface area contributed by atoms with Crippen LogP contribution in [0.15, 0.2) is 35.5 Å². The number of aromatic amines is 1. The number of amides is 13. The molecule has 1 aromatic heterocycles. The van der Waals surface area contributed by atoms with Gasteiger partial charge in [-0.1, -0.05) is 58.7 Å². The number of hydrogen-bond acceptors (Lipinski definition) is 19. The van der Waals surface area contributed by atoms with Crippen molar-refractivity contribution in [1.82, 2.24) is 57.7 Å². The molecule has 96 heavy (non-hydrogen) atoms. The fourth-order valence-electron chi connectivity index (χ4n) is 10.2. The van der Waals surface area contributed by atoms with Crippen LogP contribution in [-0.4, -0.2) is 219 Å². The molecule has 0 aliphatic carbocycles. The Hall–Kier alpha value is -8.77. The van der Waals surface area contributed by atoms with E-state index in [4.69, 9.17) is 34.4 Å². The van der Waals surface area contributed by atoms with E-state index in [9.17, 15) is 77.3 Å². The number of para-hydroxylation sites is 1. The number of aliphatic hydroxyl groups is 1. The Morgan fingerprint density at radius 2 is 1.10 bits per heavy atom. The fraction of sp³-hybridized carbons (Fsp3) is 0.617. The van der Waals surface area contributed by atoms with Crippen molar-refractivity contribution in [2.75, 3.05) is 43.7 Å². The lowest BCUT2D eigenvalue weighted by Gasteiger charge is -2.33. The molecule has 2 heterocycles. The SMILES string of the molecule is CCC(C)C(NC(=O)C(N)CCCN=C(N)N)C(=O)NC(CC(N)=O)C(=O)NC(CC(N)=O)C(=O)NC(C(=O)N1CCCC1C(=O)NC(Cc1c[nH]c2ccccc12)C(=O)NC(CO)C(=O)NC(CCC(=O)O)C(=O)NC(CCSC)C(=O)NC(CCSC)C(N)=O)C(C)CC. The van der Waals surface area contributed by atoms with Gasteiger partial charge in [-0.3, -0.25) is 72.1 Å². The smallest absolute Gasteiger partial charge is 0.303 e. The van der Waals surface area contributed by atoms with E-state index >= 15 is 0 Å². The summed E-state index contributed by atoms with van der Waals surface area (Å²) in [7, 11) is 0. The van der Waals surface area contributed by atoms with Crippen LogP contribution in [0.4, 0.5) is 0 Å². The van der Waals surface area contributed by atoms with Crippen molar-refractivity contribution >= 4 is 123 Å². The van der Waals surface area contributed by atoms with Crippen LogP contribution >= 0.6 is 23.5 Å². The number of fused-ring (bicyclic) bond motifs is 1. The van der Waals surface area contributed by atoms with Crippen LogP contribution in [0.5, 0.6) is 0 Å². The third kappa shape index (κ3) is 26.4. The first-order chi connectivity index (χ1) is 45.4. The maximum Gasteiger partial charge on any atom is 0.303 e. The molecule has 24 N–H and O–H groups in total. The first-order valence-corrected chi connectivity index (χ1v) is 34.3. The summed E-state index contributed by atoms with van der Waals surface area (Å²) < 4.78 is 0. The van der Waals surface area contributed by atoms with Gasteiger partial charge in [0.15, 0.2) is 5.96 Å². The minimum absolute atomic E-state index is 0.0353. The van der Waals surface area contributed by atoms with E-state index in [1.165, 1.54) is 28.4 Å². The van der Waals surface area contributed by atoms with Crippen molar-refractivity contribution in [2.24, 2.45) is 51.2 Å². The number of aromatic nitrogens is 1. The average molecular weight is 1390 g/mol. The summed E-state index contributed by atoms with van der Waals surface area (Å²) in [5.41, 5.74) is 34.6. The van der Waals surface area contributed by atoms with Crippen molar-refractivity contribution in [2.45, 2.75) is 178 Å². The maximum absolute atomic E-state index is 14.9. The minimum Gasteiger partial charge on any atom is -0.481 e. The van der Waals surface area contributed by atoms with E-state index in [1.54, 1.807) is 70.7 Å². The van der Waals surface area contributed by atoms with E-state index < -0.39 is 193 Å². The lowest BCUT2D eigenvalue weighted by molar-refractivity contribution is -0.144. The van der Waals surface area contributed by atoms with Gasteiger partial charge in [0.25, 0.3) is 0 Å². The van der Waals surface area contributed by atoms with Gasteiger partial charge in [0, 0.05) is 43.0 Å². The summed E-state index contributed by atoms with van der Waals surface area (Å²) in [6, 6.07) is -9.29. The number of aliphatic imine (C=N–C) groups is 1. The van der Waals surface area contributed by atoms with Crippen LogP contribution in [0.25, 0.3) is 10.9 Å². The predicted octanol–water partition coefficient (Wildman–Crippen LogP) is -4.86. The van der Waals surface area contributed by atoms with E-state index in [2.05, 4.69) is 57.8 Å². The third-order valence-electron chi connectivity index (χ3n) is 16.1. The lowest BCUT2D eigenvalue weighted by atomic mass is 9.96. The van der Waals surface area contributed by atoms with Gasteiger partial charge in [-0.15, -0.1) is 0 Å². The fourth-order valence-corrected chi connectivity index (χ4v) is 11.2. The van der Waals surface area contributed by atoms with Crippen LogP contribution in [-0.2, 0) is 73.5 Å². The Balaban J connectivity index is 1.93. The molecule has 2 aromatic rings. The summed E-state index contributed by atoms with van der Waals surface area (Å²) in [5.74, 6) is -14.6. The molecule has 1 saturated heterocycles. The number of aliphatic hydroxyl groups excluding tert-OH is 1. The molecule has 13 amide bonds. The van der Waals surface area contributed by atoms with E-state index in [0.717, 1.165) is 0 Å². The molecular formula is C60H96N18O16S2. The van der Waals surface area contributed by atoms with Crippen LogP contribution in [0, 0.1) is 11.8 Å². The summed E-state index contributed by atoms with van der Waals surface area (Å²) in [6.45, 7) is 5.71. The number of H-pyrrole nitrogens is 1. The molecule has 13 atom stereocenters. The number of carboxylic acid groups (broad SMARTS) is 1. The molecule has 1 aliphatic heterocycles. The highest BCUT2D eigenvalue weighted by Crippen LogP contribution is 2.24. The number of likely N-dealkylation sites (tertiary alicyclic amines) is 1. The van der Waals surface area contributed by atoms with Gasteiger partial charge >= 0.3 is 5.97 Å². The monoisotopic (exact) mass is 1390 g/mol. The second-order valence-electron chi connectivity index (χ2n) is 23.4. The summed E-state index contributed by atoms with van der Waals surface area (Å²) in [4.78, 5) is 198. The van der Waals surface area contributed by atoms with Crippen LogP contribution in [0.1, 0.15) is 110 Å². The summed E-state index contributed by atoms with van der Waals surface area (Å²) in [5, 5.41) is 43.3. The minimum atomic E-state index is -1.85. The van der Waals surface area contributed by atoms with Crippen LogP contribution < -0.4 is 82.3 Å². The molecule has 0 saturated carbocycles. The van der Waals surface area contributed by atoms with Gasteiger partial charge in [0.1, 0.15) is 60.4 Å². The van der Waals surface area contributed by atoms with Gasteiger partial charge < -0.3 is 102 Å². The number of carbonyl (C=O) groups excluding carboxylic acids is 13. The zero-order chi connectivity index (χ0) is 71.9. The zero-order valence-corrected chi connectivity index (χ0v) is 56.5. The van der Waals surface area contributed by atoms with Crippen LogP contribution in [0.3, 0.4) is 0 Å². The van der Waals surface area contributed by atoms with Gasteiger partial charge in [-0.25, -0.2) is 0 Å². The standard InChI is InChI=1S/C60H96N18O16S2/c1-7-30(3)47(76-50(85)34(61)14-11-21-67-60(65)66)58(93)74-40(26-44(62)80)54(89)72-41(27-45(63)81)55(90)77-48(31(4)8-2)59(94)78-22-12-16-43(78)57(92)73-39(25-32-28-68-35-15-10-9-13-33(32)35)53(88)75-42(29-79)56(91)70-37(17-18-46(82)83)51(86)71-38(20-24-96-6)52(87)69-36(49(64)84)19-23-95-5/h9-10,13,15,28,30-31,34,36-43,47-48,68,79H,7-8,11-12,14,16-27,29,61H2,1-6H3,(H2,62,80)(H2,63,81)(H2,64,84)(H,69,87)(H,70,91)(H,71,86)(H,72,89)(H,73,92)(H,74,93)(H,75,88)(H,76,85)(H,77,90)(H,82,83)(H4,65,66,67). The third-order valence-corrected chi connectivity index (χ3v) is 17.4. The summed E-state index contributed by atoms with van der Waals surface area (Å²) in [6.07, 6.45) is 3.50. The number of hydrogen-bond donors (Lipinski definition) is 18. The number of benzene rings is 1. The number of rotatable bonds is 44. The predicted molar refractivity (Wildman–Crippen MR) is 358 cm³/mol. The number of nitrogens with one attached hydrogen (secondary N) is 10. The molecule has 13 unspecified atom stereocenters. The average Bonchev–Trinajstić information content (AvgIpc) is 1.60. The second-order valence-corrected chi connectivity index (χ2v) is 25.4.